The van der Waals surface area contributed by atoms with E-state index in [9.17, 15) is 0 Å². The lowest BCUT2D eigenvalue weighted by molar-refractivity contribution is 0.170. The van der Waals surface area contributed by atoms with Gasteiger partial charge < -0.3 is 14.8 Å². The number of hydrogen-bond donors (Lipinski definition) is 1. The van der Waals surface area contributed by atoms with E-state index in [1.165, 1.54) is 0 Å². The Hall–Kier alpha value is -1.13. The maximum atomic E-state index is 5.64. The normalized spacial score (nSPS) is 10.5. The van der Waals surface area contributed by atoms with E-state index in [1.807, 2.05) is 12.1 Å². The highest BCUT2D eigenvalue weighted by atomic mass is 16.5. The quantitative estimate of drug-likeness (QED) is 0.668. The van der Waals surface area contributed by atoms with E-state index in [-0.39, 0.29) is 0 Å². The van der Waals surface area contributed by atoms with Crippen LogP contribution in [0.2, 0.25) is 0 Å². The molecule has 0 saturated heterocycles. The average molecular weight is 238 g/mol. The van der Waals surface area contributed by atoms with Gasteiger partial charge in [0, 0.05) is 38.4 Å². The van der Waals surface area contributed by atoms with Crippen LogP contribution in [0.25, 0.3) is 0 Å². The number of ether oxygens (including phenoxy) is 2. The standard InChI is InChI=1S/C13H22N2O2/c1-3-7-14-11-12-6-4-8-15-13(12)17-10-5-9-16-2/h4,6,8,14H,3,5,7,9-11H2,1-2H3. The van der Waals surface area contributed by atoms with Crippen LogP contribution in [0.3, 0.4) is 0 Å². The van der Waals surface area contributed by atoms with Crippen LogP contribution >= 0.6 is 0 Å². The Balaban J connectivity index is 2.40. The first-order valence-electron chi connectivity index (χ1n) is 6.14. The summed E-state index contributed by atoms with van der Waals surface area (Å²) in [6.07, 6.45) is 3.77. The second-order valence-corrected chi connectivity index (χ2v) is 3.84. The van der Waals surface area contributed by atoms with E-state index in [0.717, 1.165) is 44.0 Å². The summed E-state index contributed by atoms with van der Waals surface area (Å²) in [4.78, 5) is 4.25. The summed E-state index contributed by atoms with van der Waals surface area (Å²) >= 11 is 0. The Morgan fingerprint density at radius 1 is 1.35 bits per heavy atom. The van der Waals surface area contributed by atoms with Crippen molar-refractivity contribution in [3.05, 3.63) is 23.9 Å². The highest BCUT2D eigenvalue weighted by Crippen LogP contribution is 2.14. The first kappa shape index (κ1) is 13.9. The summed E-state index contributed by atoms with van der Waals surface area (Å²) in [6, 6.07) is 3.98. The van der Waals surface area contributed by atoms with Crippen LogP contribution < -0.4 is 10.1 Å². The Bertz CT molecular complexity index is 305. The summed E-state index contributed by atoms with van der Waals surface area (Å²) < 4.78 is 10.6. The molecule has 0 aliphatic carbocycles. The fraction of sp³-hybridized carbons (Fsp3) is 0.615. The lowest BCUT2D eigenvalue weighted by atomic mass is 10.2. The van der Waals surface area contributed by atoms with Crippen LogP contribution in [-0.2, 0) is 11.3 Å². The minimum absolute atomic E-state index is 0.644. The molecule has 1 N–H and O–H groups in total. The number of rotatable bonds is 9. The van der Waals surface area contributed by atoms with Gasteiger partial charge in [0.1, 0.15) is 0 Å². The van der Waals surface area contributed by atoms with Gasteiger partial charge in [-0.3, -0.25) is 0 Å². The number of nitrogens with zero attached hydrogens (tertiary/aromatic N) is 1. The third-order valence-corrected chi connectivity index (χ3v) is 2.32. The maximum absolute atomic E-state index is 5.64. The number of hydrogen-bond acceptors (Lipinski definition) is 4. The number of methoxy groups -OCH3 is 1. The molecule has 0 fully saturated rings. The van der Waals surface area contributed by atoms with Crippen molar-refractivity contribution < 1.29 is 9.47 Å². The van der Waals surface area contributed by atoms with Crippen LogP contribution in [0.4, 0.5) is 0 Å². The van der Waals surface area contributed by atoms with E-state index in [0.29, 0.717) is 6.61 Å². The first-order valence-corrected chi connectivity index (χ1v) is 6.14. The Morgan fingerprint density at radius 3 is 3.00 bits per heavy atom. The van der Waals surface area contributed by atoms with E-state index < -0.39 is 0 Å². The predicted molar refractivity (Wildman–Crippen MR) is 68.2 cm³/mol. The molecule has 0 unspecified atom stereocenters. The molecule has 0 aliphatic heterocycles. The zero-order valence-electron chi connectivity index (χ0n) is 10.7. The third-order valence-electron chi connectivity index (χ3n) is 2.32. The highest BCUT2D eigenvalue weighted by molar-refractivity contribution is 5.25. The monoisotopic (exact) mass is 238 g/mol. The summed E-state index contributed by atoms with van der Waals surface area (Å²) in [7, 11) is 1.70. The molecule has 0 aromatic carbocycles. The molecule has 1 rings (SSSR count). The molecule has 4 heteroatoms. The Kier molecular flexibility index (Phi) is 7.34. The molecule has 0 atom stereocenters. The van der Waals surface area contributed by atoms with Crippen molar-refractivity contribution in [3.8, 4) is 5.88 Å². The smallest absolute Gasteiger partial charge is 0.217 e. The van der Waals surface area contributed by atoms with E-state index in [1.54, 1.807) is 13.3 Å². The number of pyridine rings is 1. The number of nitrogens with one attached hydrogen (secondary N) is 1. The van der Waals surface area contributed by atoms with Gasteiger partial charge in [0.05, 0.1) is 6.61 Å². The highest BCUT2D eigenvalue weighted by Gasteiger charge is 2.03. The molecule has 0 amide bonds. The van der Waals surface area contributed by atoms with Crippen molar-refractivity contribution in [1.29, 1.82) is 0 Å². The molecule has 17 heavy (non-hydrogen) atoms. The van der Waals surface area contributed by atoms with Crippen LogP contribution in [0.1, 0.15) is 25.3 Å². The molecule has 1 heterocycles. The molecule has 0 bridgehead atoms. The molecule has 0 radical (unpaired) electrons. The van der Waals surface area contributed by atoms with Gasteiger partial charge in [-0.15, -0.1) is 0 Å². The molecular formula is C13H22N2O2. The van der Waals surface area contributed by atoms with Crippen LogP contribution in [0.15, 0.2) is 18.3 Å². The van der Waals surface area contributed by atoms with Crippen LogP contribution in [0.5, 0.6) is 5.88 Å². The fourth-order valence-electron chi connectivity index (χ4n) is 1.46. The van der Waals surface area contributed by atoms with E-state index in [2.05, 4.69) is 17.2 Å². The van der Waals surface area contributed by atoms with Gasteiger partial charge in [-0.2, -0.15) is 0 Å². The second kappa shape index (κ2) is 8.96. The molecule has 1 aromatic rings. The predicted octanol–water partition coefficient (Wildman–Crippen LogP) is 2.00. The van der Waals surface area contributed by atoms with E-state index in [4.69, 9.17) is 9.47 Å². The first-order chi connectivity index (χ1) is 8.38. The van der Waals surface area contributed by atoms with Crippen LogP contribution in [-0.4, -0.2) is 31.9 Å². The lowest BCUT2D eigenvalue weighted by Crippen LogP contribution is -2.15. The molecular weight excluding hydrogens is 216 g/mol. The lowest BCUT2D eigenvalue weighted by Gasteiger charge is -2.10. The fourth-order valence-corrected chi connectivity index (χ4v) is 1.46. The van der Waals surface area contributed by atoms with Crippen molar-refractivity contribution in [3.63, 3.8) is 0 Å². The third kappa shape index (κ3) is 5.65. The summed E-state index contributed by atoms with van der Waals surface area (Å²) in [5.74, 6) is 0.729. The minimum atomic E-state index is 0.644. The van der Waals surface area contributed by atoms with Crippen molar-refractivity contribution in [2.75, 3.05) is 26.9 Å². The Labute approximate surface area is 103 Å². The summed E-state index contributed by atoms with van der Waals surface area (Å²) in [6.45, 7) is 5.33. The largest absolute Gasteiger partial charge is 0.477 e. The molecule has 0 saturated carbocycles. The van der Waals surface area contributed by atoms with E-state index >= 15 is 0 Å². The van der Waals surface area contributed by atoms with Gasteiger partial charge in [0.15, 0.2) is 0 Å². The van der Waals surface area contributed by atoms with Crippen molar-refractivity contribution in [2.24, 2.45) is 0 Å². The van der Waals surface area contributed by atoms with Gasteiger partial charge in [0.25, 0.3) is 0 Å². The second-order valence-electron chi connectivity index (χ2n) is 3.84. The summed E-state index contributed by atoms with van der Waals surface area (Å²) in [5, 5.41) is 3.35. The zero-order valence-corrected chi connectivity index (χ0v) is 10.7. The van der Waals surface area contributed by atoms with Gasteiger partial charge in [-0.1, -0.05) is 13.0 Å². The topological polar surface area (TPSA) is 43.4 Å². The molecule has 4 nitrogen and oxygen atoms in total. The maximum Gasteiger partial charge on any atom is 0.217 e. The van der Waals surface area contributed by atoms with Crippen molar-refractivity contribution in [2.45, 2.75) is 26.3 Å². The van der Waals surface area contributed by atoms with Crippen molar-refractivity contribution in [1.82, 2.24) is 10.3 Å². The summed E-state index contributed by atoms with van der Waals surface area (Å²) in [5.41, 5.74) is 1.11. The van der Waals surface area contributed by atoms with Gasteiger partial charge in [-0.25, -0.2) is 4.98 Å². The van der Waals surface area contributed by atoms with Crippen LogP contribution in [0, 0.1) is 0 Å². The van der Waals surface area contributed by atoms with Gasteiger partial charge in [0.2, 0.25) is 5.88 Å². The molecule has 0 spiro atoms. The SMILES string of the molecule is CCCNCc1cccnc1OCCCOC. The number of aromatic nitrogens is 1. The Morgan fingerprint density at radius 2 is 2.24 bits per heavy atom. The molecule has 1 aromatic heterocycles. The van der Waals surface area contributed by atoms with Crippen molar-refractivity contribution >= 4 is 0 Å². The molecule has 0 aliphatic rings. The van der Waals surface area contributed by atoms with Gasteiger partial charge >= 0.3 is 0 Å². The van der Waals surface area contributed by atoms with Gasteiger partial charge in [-0.05, 0) is 19.0 Å². The molecule has 96 valence electrons. The minimum Gasteiger partial charge on any atom is -0.477 e. The zero-order chi connectivity index (χ0) is 12.3. The average Bonchev–Trinajstić information content (AvgIpc) is 2.36.